The third-order valence-electron chi connectivity index (χ3n) is 2.86. The van der Waals surface area contributed by atoms with Gasteiger partial charge in [0.25, 0.3) is 5.56 Å². The molecule has 0 saturated carbocycles. The van der Waals surface area contributed by atoms with Gasteiger partial charge in [0.15, 0.2) is 0 Å². The number of hydrogen-bond donors (Lipinski definition) is 2. The number of thioether (sulfide) groups is 1. The molecule has 0 aliphatic rings. The van der Waals surface area contributed by atoms with Crippen molar-refractivity contribution >= 4 is 46.6 Å². The van der Waals surface area contributed by atoms with Gasteiger partial charge in [0.2, 0.25) is 11.1 Å². The summed E-state index contributed by atoms with van der Waals surface area (Å²) >= 11 is 12.8. The zero-order valence-corrected chi connectivity index (χ0v) is 14.5. The maximum absolute atomic E-state index is 12.2. The van der Waals surface area contributed by atoms with Gasteiger partial charge in [-0.2, -0.15) is 4.68 Å². The summed E-state index contributed by atoms with van der Waals surface area (Å²) in [5, 5.41) is 10.6. The summed E-state index contributed by atoms with van der Waals surface area (Å²) in [5.74, 6) is 5.31. The maximum Gasteiger partial charge on any atom is 0.294 e. The molecule has 2 aromatic rings. The smallest absolute Gasteiger partial charge is 0.294 e. The van der Waals surface area contributed by atoms with E-state index >= 15 is 0 Å². The van der Waals surface area contributed by atoms with Crippen molar-refractivity contribution < 1.29 is 4.79 Å². The first kappa shape index (κ1) is 17.6. The normalized spacial score (nSPS) is 12.0. The van der Waals surface area contributed by atoms with Crippen LogP contribution >= 0.6 is 35.0 Å². The minimum atomic E-state index is -0.576. The molecule has 1 aromatic carbocycles. The predicted molar refractivity (Wildman–Crippen MR) is 91.6 cm³/mol. The van der Waals surface area contributed by atoms with Crippen LogP contribution in [0.5, 0.6) is 0 Å². The number of carbonyl (C=O) groups is 1. The number of nitrogens with zero attached hydrogens (tertiary/aromatic N) is 3. The third kappa shape index (κ3) is 4.15. The van der Waals surface area contributed by atoms with Gasteiger partial charge in [-0.3, -0.25) is 9.59 Å². The van der Waals surface area contributed by atoms with Crippen molar-refractivity contribution in [3.8, 4) is 0 Å². The number of nitrogen functional groups attached to an aromatic ring is 1. The summed E-state index contributed by atoms with van der Waals surface area (Å²) < 4.78 is 0.867. The van der Waals surface area contributed by atoms with Crippen molar-refractivity contribution in [2.75, 3.05) is 11.2 Å². The first-order chi connectivity index (χ1) is 10.8. The first-order valence-electron chi connectivity index (χ1n) is 6.43. The molecule has 0 aliphatic heterocycles. The molecule has 0 fully saturated rings. The molecule has 0 aliphatic carbocycles. The molecule has 2 rings (SSSR count). The highest BCUT2D eigenvalue weighted by Gasteiger charge is 2.19. The molecule has 0 unspecified atom stereocenters. The number of carbonyl (C=O) groups excluding carboxylic acids is 1. The van der Waals surface area contributed by atoms with Gasteiger partial charge in [0.1, 0.15) is 5.69 Å². The van der Waals surface area contributed by atoms with Crippen molar-refractivity contribution in [3.05, 3.63) is 44.3 Å². The quantitative estimate of drug-likeness (QED) is 0.628. The minimum Gasteiger partial charge on any atom is -0.334 e. The van der Waals surface area contributed by atoms with Crippen LogP contribution in [0.25, 0.3) is 0 Å². The highest BCUT2D eigenvalue weighted by Crippen LogP contribution is 2.27. The van der Waals surface area contributed by atoms with E-state index in [4.69, 9.17) is 29.0 Å². The number of nitrogens with two attached hydrogens (primary N) is 1. The van der Waals surface area contributed by atoms with E-state index in [0.29, 0.717) is 15.7 Å². The Balaban J connectivity index is 2.11. The summed E-state index contributed by atoms with van der Waals surface area (Å²) in [6.07, 6.45) is 0. The van der Waals surface area contributed by atoms with Gasteiger partial charge >= 0.3 is 0 Å². The number of anilines is 1. The van der Waals surface area contributed by atoms with E-state index in [-0.39, 0.29) is 16.8 Å². The fourth-order valence-electron chi connectivity index (χ4n) is 1.59. The Kier molecular flexibility index (Phi) is 5.51. The average Bonchev–Trinajstić information content (AvgIpc) is 2.50. The molecular formula is C13H13Cl2N5O2S. The fraction of sp³-hybridized carbons (Fsp3) is 0.231. The molecule has 0 radical (unpaired) electrons. The summed E-state index contributed by atoms with van der Waals surface area (Å²) in [6.45, 7) is 3.15. The van der Waals surface area contributed by atoms with Crippen LogP contribution < -0.4 is 16.7 Å². The molecule has 1 heterocycles. The van der Waals surface area contributed by atoms with Crippen molar-refractivity contribution in [2.24, 2.45) is 0 Å². The first-order valence-corrected chi connectivity index (χ1v) is 8.07. The highest BCUT2D eigenvalue weighted by molar-refractivity contribution is 8.00. The van der Waals surface area contributed by atoms with Crippen molar-refractivity contribution in [2.45, 2.75) is 24.3 Å². The monoisotopic (exact) mass is 373 g/mol. The summed E-state index contributed by atoms with van der Waals surface area (Å²) in [7, 11) is 0. The molecule has 0 saturated heterocycles. The average molecular weight is 374 g/mol. The molecule has 1 amide bonds. The summed E-state index contributed by atoms with van der Waals surface area (Å²) in [6, 6.07) is 4.74. The van der Waals surface area contributed by atoms with Crippen LogP contribution in [0.4, 0.5) is 5.69 Å². The van der Waals surface area contributed by atoms with Crippen molar-refractivity contribution in [1.29, 1.82) is 0 Å². The van der Waals surface area contributed by atoms with Crippen molar-refractivity contribution in [1.82, 2.24) is 14.9 Å². The van der Waals surface area contributed by atoms with Gasteiger partial charge in [-0.05, 0) is 32.0 Å². The van der Waals surface area contributed by atoms with E-state index in [1.807, 2.05) is 0 Å². The molecule has 122 valence electrons. The zero-order valence-electron chi connectivity index (χ0n) is 12.2. The Morgan fingerprint density at radius 2 is 2.09 bits per heavy atom. The van der Waals surface area contributed by atoms with E-state index in [2.05, 4.69) is 15.5 Å². The van der Waals surface area contributed by atoms with Crippen LogP contribution in [-0.4, -0.2) is 26.0 Å². The maximum atomic E-state index is 12.2. The molecule has 7 nitrogen and oxygen atoms in total. The highest BCUT2D eigenvalue weighted by atomic mass is 35.5. The lowest BCUT2D eigenvalue weighted by molar-refractivity contribution is -0.115. The van der Waals surface area contributed by atoms with E-state index in [0.717, 1.165) is 16.4 Å². The van der Waals surface area contributed by atoms with Crippen LogP contribution in [0.15, 0.2) is 28.2 Å². The van der Waals surface area contributed by atoms with Gasteiger partial charge in [-0.15, -0.1) is 10.2 Å². The number of nitrogens with one attached hydrogen (secondary N) is 1. The molecule has 1 aromatic heterocycles. The van der Waals surface area contributed by atoms with Crippen LogP contribution in [-0.2, 0) is 4.79 Å². The lowest BCUT2D eigenvalue weighted by atomic mass is 10.3. The lowest BCUT2D eigenvalue weighted by Crippen LogP contribution is -2.33. The van der Waals surface area contributed by atoms with Gasteiger partial charge in [0, 0.05) is 5.02 Å². The Labute approximate surface area is 146 Å². The molecule has 3 N–H and O–H groups in total. The molecule has 0 bridgehead atoms. The van der Waals surface area contributed by atoms with Crippen LogP contribution in [0.2, 0.25) is 10.0 Å². The van der Waals surface area contributed by atoms with Crippen molar-refractivity contribution in [3.63, 3.8) is 0 Å². The van der Waals surface area contributed by atoms with Crippen LogP contribution in [0.3, 0.4) is 0 Å². The van der Waals surface area contributed by atoms with Gasteiger partial charge in [-0.1, -0.05) is 35.0 Å². The Bertz CT molecular complexity index is 811. The van der Waals surface area contributed by atoms with Crippen LogP contribution in [0, 0.1) is 6.92 Å². The zero-order chi connectivity index (χ0) is 17.1. The number of aryl methyl sites for hydroxylation is 1. The molecule has 23 heavy (non-hydrogen) atoms. The third-order valence-corrected chi connectivity index (χ3v) is 4.46. The number of halogens is 2. The number of amides is 1. The summed E-state index contributed by atoms with van der Waals surface area (Å²) in [4.78, 5) is 23.9. The van der Waals surface area contributed by atoms with Gasteiger partial charge < -0.3 is 11.2 Å². The number of rotatable bonds is 4. The lowest BCUT2D eigenvalue weighted by Gasteiger charge is -2.13. The Hall–Kier alpha value is -1.77. The number of benzene rings is 1. The van der Waals surface area contributed by atoms with Gasteiger partial charge in [-0.25, -0.2) is 0 Å². The number of aromatic nitrogens is 3. The minimum absolute atomic E-state index is 0.144. The van der Waals surface area contributed by atoms with E-state index in [9.17, 15) is 9.59 Å². The standard InChI is InChI=1S/C13H13Cl2N5O2S/c1-6-12(22)20(16)13(19-18-6)23-7(2)11(21)17-10-4-3-8(14)5-9(10)15/h3-5,7H,16H2,1-2H3,(H,17,21)/t7-/m1/s1. The van der Waals surface area contributed by atoms with E-state index < -0.39 is 10.8 Å². The summed E-state index contributed by atoms with van der Waals surface area (Å²) in [5.41, 5.74) is 0.159. The SMILES string of the molecule is Cc1nnc(S[C@H](C)C(=O)Nc2ccc(Cl)cc2Cl)n(N)c1=O. The second-order valence-corrected chi connectivity index (χ2v) is 6.77. The second-order valence-electron chi connectivity index (χ2n) is 4.62. The predicted octanol–water partition coefficient (Wildman–Crippen LogP) is 2.09. The Morgan fingerprint density at radius 1 is 1.39 bits per heavy atom. The second kappa shape index (κ2) is 7.20. The fourth-order valence-corrected chi connectivity index (χ4v) is 2.81. The van der Waals surface area contributed by atoms with Gasteiger partial charge in [0.05, 0.1) is 16.0 Å². The van der Waals surface area contributed by atoms with E-state index in [1.165, 1.54) is 13.0 Å². The molecule has 1 atom stereocenters. The molecular weight excluding hydrogens is 361 g/mol. The largest absolute Gasteiger partial charge is 0.334 e. The molecule has 0 spiro atoms. The topological polar surface area (TPSA) is 103 Å². The number of hydrogen-bond acceptors (Lipinski definition) is 6. The molecule has 10 heteroatoms. The van der Waals surface area contributed by atoms with E-state index in [1.54, 1.807) is 19.1 Å². The Morgan fingerprint density at radius 3 is 2.74 bits per heavy atom. The van der Waals surface area contributed by atoms with Crippen LogP contribution in [0.1, 0.15) is 12.6 Å².